The van der Waals surface area contributed by atoms with Crippen LogP contribution in [0.15, 0.2) is 71.5 Å². The van der Waals surface area contributed by atoms with Gasteiger partial charge < -0.3 is 19.5 Å². The zero-order valence-electron chi connectivity index (χ0n) is 24.7. The highest BCUT2D eigenvalue weighted by Gasteiger charge is 2.34. The smallest absolute Gasteiger partial charge is 0.295 e. The number of benzene rings is 2. The van der Waals surface area contributed by atoms with Crippen molar-refractivity contribution in [3.8, 4) is 11.8 Å². The van der Waals surface area contributed by atoms with Gasteiger partial charge in [0.2, 0.25) is 0 Å². The fourth-order valence-electron chi connectivity index (χ4n) is 6.00. The summed E-state index contributed by atoms with van der Waals surface area (Å²) in [6, 6.07) is 15.4. The van der Waals surface area contributed by atoms with Gasteiger partial charge in [-0.15, -0.1) is 0 Å². The van der Waals surface area contributed by atoms with Crippen molar-refractivity contribution < 1.29 is 14.6 Å². The van der Waals surface area contributed by atoms with Crippen LogP contribution in [0.3, 0.4) is 0 Å². The first-order valence-electron chi connectivity index (χ1n) is 15.4. The molecular weight excluding hydrogens is 524 g/mol. The van der Waals surface area contributed by atoms with Crippen molar-refractivity contribution in [2.24, 2.45) is 4.99 Å². The SMILES string of the molecule is CCOc1ccc(CCCCN2/C(=N/C/C=C\C=C/CC#N)O/C(=C/c3cc4c5c(c3)CCCN5CCC4)C2O)cc1. The van der Waals surface area contributed by atoms with Crippen LogP contribution in [-0.2, 0) is 24.0 Å². The van der Waals surface area contributed by atoms with Crippen LogP contribution in [0.1, 0.15) is 61.3 Å². The van der Waals surface area contributed by atoms with E-state index in [1.54, 1.807) is 0 Å². The summed E-state index contributed by atoms with van der Waals surface area (Å²) in [4.78, 5) is 9.07. The fourth-order valence-corrected chi connectivity index (χ4v) is 6.00. The van der Waals surface area contributed by atoms with Crippen LogP contribution >= 0.6 is 0 Å². The number of unbranched alkanes of at least 4 members (excludes halogenated alkanes) is 1. The third kappa shape index (κ3) is 7.43. The highest BCUT2D eigenvalue weighted by molar-refractivity contribution is 5.80. The van der Waals surface area contributed by atoms with Gasteiger partial charge in [-0.3, -0.25) is 4.90 Å². The quantitative estimate of drug-likeness (QED) is 0.244. The summed E-state index contributed by atoms with van der Waals surface area (Å²) in [5, 5.41) is 20.0. The molecule has 3 aliphatic rings. The molecule has 0 radical (unpaired) electrons. The Balaban J connectivity index is 1.28. The molecule has 2 aromatic rings. The van der Waals surface area contributed by atoms with Gasteiger partial charge >= 0.3 is 0 Å². The number of ether oxygens (including phenoxy) is 2. The predicted molar refractivity (Wildman–Crippen MR) is 168 cm³/mol. The number of aryl methyl sites for hydroxylation is 3. The first kappa shape index (κ1) is 29.5. The van der Waals surface area contributed by atoms with Gasteiger partial charge in [0.15, 0.2) is 12.0 Å². The van der Waals surface area contributed by atoms with Gasteiger partial charge in [-0.1, -0.05) is 36.4 Å². The molecule has 3 aliphatic heterocycles. The van der Waals surface area contributed by atoms with E-state index in [1.165, 1.54) is 35.2 Å². The number of aliphatic imine (C=N–C) groups is 1. The minimum Gasteiger partial charge on any atom is -0.494 e. The number of hydrogen-bond donors (Lipinski definition) is 1. The highest BCUT2D eigenvalue weighted by atomic mass is 16.5. The Labute approximate surface area is 250 Å². The molecule has 5 rings (SSSR count). The summed E-state index contributed by atoms with van der Waals surface area (Å²) >= 11 is 0. The van der Waals surface area contributed by atoms with Crippen LogP contribution in [0, 0.1) is 11.3 Å². The number of hydrogen-bond acceptors (Lipinski definition) is 6. The molecule has 1 N–H and O–H groups in total. The maximum absolute atomic E-state index is 11.4. The molecule has 0 amide bonds. The Morgan fingerprint density at radius 2 is 1.81 bits per heavy atom. The van der Waals surface area contributed by atoms with Gasteiger partial charge in [0.1, 0.15) is 5.75 Å². The second-order valence-electron chi connectivity index (χ2n) is 11.0. The molecule has 1 saturated heterocycles. The molecule has 0 bridgehead atoms. The molecule has 0 aromatic heterocycles. The molecule has 2 aromatic carbocycles. The standard InChI is InChI=1S/C35H42N4O3/c1-2-41-31-17-15-27(16-18-31)12-6-9-23-39-34(40)32(42-35(39)37-20-8-5-3-4-7-19-36)26-28-24-29-13-10-21-38-22-11-14-30(25-28)33(29)38/h3-5,8,15-18,24-26,34,40H,2,6-7,9-14,20-23H2,1H3/b4-3-,8-5-,32-26+,37-35-. The molecule has 3 heterocycles. The van der Waals surface area contributed by atoms with Crippen molar-refractivity contribution >= 4 is 17.8 Å². The lowest BCUT2D eigenvalue weighted by atomic mass is 9.90. The van der Waals surface area contributed by atoms with Gasteiger partial charge in [-0.25, -0.2) is 4.99 Å². The number of allylic oxidation sites excluding steroid dienone is 3. The lowest BCUT2D eigenvalue weighted by Crippen LogP contribution is -2.34. The largest absolute Gasteiger partial charge is 0.494 e. The minimum absolute atomic E-state index is 0.384. The summed E-state index contributed by atoms with van der Waals surface area (Å²) in [5.41, 5.74) is 6.62. The van der Waals surface area contributed by atoms with Crippen LogP contribution in [0.2, 0.25) is 0 Å². The molecule has 7 nitrogen and oxygen atoms in total. The molecule has 0 saturated carbocycles. The van der Waals surface area contributed by atoms with E-state index in [9.17, 15) is 5.11 Å². The molecule has 220 valence electrons. The third-order valence-electron chi connectivity index (χ3n) is 7.94. The summed E-state index contributed by atoms with van der Waals surface area (Å²) in [5.74, 6) is 1.42. The number of rotatable bonds is 12. The van der Waals surface area contributed by atoms with Crippen molar-refractivity contribution in [1.82, 2.24) is 4.90 Å². The average molecular weight is 567 g/mol. The Bertz CT molecular complexity index is 1340. The Hall–Kier alpha value is -4.02. The summed E-state index contributed by atoms with van der Waals surface area (Å²) in [6.45, 7) is 6.03. The van der Waals surface area contributed by atoms with Gasteiger partial charge in [0, 0.05) is 25.3 Å². The predicted octanol–water partition coefficient (Wildman–Crippen LogP) is 6.18. The monoisotopic (exact) mass is 566 g/mol. The highest BCUT2D eigenvalue weighted by Crippen LogP contribution is 2.37. The summed E-state index contributed by atoms with van der Waals surface area (Å²) < 4.78 is 11.8. The molecule has 1 atom stereocenters. The molecule has 0 aliphatic carbocycles. The van der Waals surface area contributed by atoms with E-state index in [0.29, 0.717) is 37.9 Å². The van der Waals surface area contributed by atoms with Crippen molar-refractivity contribution in [3.63, 3.8) is 0 Å². The molecular formula is C35H42N4O3. The second kappa shape index (κ2) is 14.7. The fraction of sp³-hybridized carbons (Fsp3) is 0.429. The number of aliphatic hydroxyl groups excluding tert-OH is 1. The van der Waals surface area contributed by atoms with Gasteiger partial charge in [-0.2, -0.15) is 5.26 Å². The molecule has 7 heteroatoms. The Kier molecular flexibility index (Phi) is 10.3. The van der Waals surface area contributed by atoms with E-state index >= 15 is 0 Å². The topological polar surface area (TPSA) is 81.3 Å². The Morgan fingerprint density at radius 1 is 1.07 bits per heavy atom. The van der Waals surface area contributed by atoms with Crippen LogP contribution < -0.4 is 9.64 Å². The minimum atomic E-state index is -0.877. The maximum Gasteiger partial charge on any atom is 0.295 e. The first-order chi connectivity index (χ1) is 20.7. The van der Waals surface area contributed by atoms with Gasteiger partial charge in [-0.05, 0) is 104 Å². The van der Waals surface area contributed by atoms with Crippen molar-refractivity contribution in [2.75, 3.05) is 37.7 Å². The number of amidine groups is 1. The van der Waals surface area contributed by atoms with E-state index in [-0.39, 0.29) is 0 Å². The van der Waals surface area contributed by atoms with Crippen LogP contribution in [-0.4, -0.2) is 55.0 Å². The molecule has 1 unspecified atom stereocenters. The third-order valence-corrected chi connectivity index (χ3v) is 7.94. The van der Waals surface area contributed by atoms with E-state index in [2.05, 4.69) is 40.2 Å². The number of nitriles is 1. The molecule has 1 fully saturated rings. The van der Waals surface area contributed by atoms with Crippen LogP contribution in [0.4, 0.5) is 5.69 Å². The first-order valence-corrected chi connectivity index (χ1v) is 15.4. The zero-order chi connectivity index (χ0) is 29.1. The van der Waals surface area contributed by atoms with Gasteiger partial charge in [0.05, 0.1) is 25.6 Å². The number of aliphatic hydroxyl groups is 1. The lowest BCUT2D eigenvalue weighted by Gasteiger charge is -2.37. The normalized spacial score (nSPS) is 20.0. The average Bonchev–Trinajstić information content (AvgIpc) is 3.29. The second-order valence-corrected chi connectivity index (χ2v) is 11.0. The van der Waals surface area contributed by atoms with Crippen molar-refractivity contribution in [3.05, 3.63) is 88.7 Å². The van der Waals surface area contributed by atoms with Crippen molar-refractivity contribution in [1.29, 1.82) is 5.26 Å². The van der Waals surface area contributed by atoms with E-state index in [4.69, 9.17) is 14.7 Å². The lowest BCUT2D eigenvalue weighted by molar-refractivity contribution is 0.0939. The summed E-state index contributed by atoms with van der Waals surface area (Å²) in [7, 11) is 0. The number of nitrogens with zero attached hydrogens (tertiary/aromatic N) is 4. The summed E-state index contributed by atoms with van der Waals surface area (Å²) in [6.07, 6.45) is 16.4. The number of anilines is 1. The van der Waals surface area contributed by atoms with Crippen LogP contribution in [0.25, 0.3) is 6.08 Å². The van der Waals surface area contributed by atoms with Crippen LogP contribution in [0.5, 0.6) is 5.75 Å². The van der Waals surface area contributed by atoms with Gasteiger partial charge in [0.25, 0.3) is 6.02 Å². The van der Waals surface area contributed by atoms with Crippen molar-refractivity contribution in [2.45, 2.75) is 64.5 Å². The zero-order valence-corrected chi connectivity index (χ0v) is 24.7. The van der Waals surface area contributed by atoms with E-state index in [1.807, 2.05) is 54.3 Å². The molecule has 42 heavy (non-hydrogen) atoms. The Morgan fingerprint density at radius 3 is 2.52 bits per heavy atom. The van der Waals surface area contributed by atoms with E-state index in [0.717, 1.165) is 56.5 Å². The van der Waals surface area contributed by atoms with E-state index < -0.39 is 6.23 Å². The molecule has 0 spiro atoms. The maximum atomic E-state index is 11.4.